The molecule has 1 heterocycles. The number of ether oxygens (including phenoxy) is 3. The fourth-order valence-corrected chi connectivity index (χ4v) is 5.56. The lowest BCUT2D eigenvalue weighted by Crippen LogP contribution is -3.11. The quantitative estimate of drug-likeness (QED) is 0.136. The number of nitrogens with one attached hydrogen (secondary N) is 1. The zero-order valence-corrected chi connectivity index (χ0v) is 27.5. The van der Waals surface area contributed by atoms with Crippen LogP contribution in [0.4, 0.5) is 13.2 Å². The van der Waals surface area contributed by atoms with Crippen LogP contribution in [0.25, 0.3) is 11.0 Å². The van der Waals surface area contributed by atoms with Crippen molar-refractivity contribution in [3.05, 3.63) is 92.3 Å². The SMILES string of the molecule is COc1ccc(C(=O)Oc2ccc3c(=O)c(Oc4cc(C)cc(C)c4C)c(C(F)(F)F)oc3c2C[NH+](CC(C)C)CC(C)C)cc1. The molecular formula is C36H41F3NO6+. The number of carbonyl (C=O) groups excluding carboxylic acids is 1. The minimum Gasteiger partial charge on any atom is -0.497 e. The molecule has 0 spiro atoms. The van der Waals surface area contributed by atoms with Gasteiger partial charge in [0.15, 0.2) is 5.58 Å². The molecule has 0 saturated heterocycles. The van der Waals surface area contributed by atoms with Gasteiger partial charge in [0.1, 0.15) is 23.8 Å². The Balaban J connectivity index is 1.94. The van der Waals surface area contributed by atoms with Crippen molar-refractivity contribution in [2.45, 2.75) is 61.2 Å². The van der Waals surface area contributed by atoms with E-state index in [2.05, 4.69) is 27.7 Å². The van der Waals surface area contributed by atoms with Gasteiger partial charge < -0.3 is 23.5 Å². The fraction of sp³-hybridized carbons (Fsp3) is 0.389. The molecule has 0 unspecified atom stereocenters. The Morgan fingerprint density at radius 1 is 0.913 bits per heavy atom. The lowest BCUT2D eigenvalue weighted by molar-refractivity contribution is -0.919. The van der Waals surface area contributed by atoms with Crippen LogP contribution in [0.15, 0.2) is 57.7 Å². The lowest BCUT2D eigenvalue weighted by Gasteiger charge is -2.25. The first-order chi connectivity index (χ1) is 21.6. The highest BCUT2D eigenvalue weighted by molar-refractivity contribution is 5.92. The first-order valence-corrected chi connectivity index (χ1v) is 15.2. The number of hydrogen-bond donors (Lipinski definition) is 1. The summed E-state index contributed by atoms with van der Waals surface area (Å²) in [7, 11) is 1.50. The van der Waals surface area contributed by atoms with Crippen LogP contribution in [0.1, 0.15) is 66.1 Å². The van der Waals surface area contributed by atoms with Crippen molar-refractivity contribution in [1.29, 1.82) is 0 Å². The fourth-order valence-electron chi connectivity index (χ4n) is 5.56. The Bertz CT molecular complexity index is 1760. The van der Waals surface area contributed by atoms with Gasteiger partial charge in [0.2, 0.25) is 11.2 Å². The van der Waals surface area contributed by atoms with Crippen LogP contribution < -0.4 is 24.5 Å². The number of benzene rings is 3. The summed E-state index contributed by atoms with van der Waals surface area (Å²) in [5.41, 5.74) is 1.29. The number of carbonyl (C=O) groups is 1. The standard InChI is InChI=1S/C36H40F3NO6/c1-20(2)17-40(18-21(3)4)19-28-29(45-35(42)25-9-11-26(43-8)12-10-25)14-13-27-31(41)33(34(36(37,38)39)46-32(27)28)44-30-16-22(5)15-23(6)24(30)7/h9-16,20-21H,17-19H2,1-8H3/p+1. The molecule has 46 heavy (non-hydrogen) atoms. The van der Waals surface area contributed by atoms with Gasteiger partial charge in [-0.15, -0.1) is 0 Å². The van der Waals surface area contributed by atoms with Crippen molar-refractivity contribution >= 4 is 16.9 Å². The number of rotatable bonds is 11. The summed E-state index contributed by atoms with van der Waals surface area (Å²) in [6.45, 7) is 15.0. The van der Waals surface area contributed by atoms with Gasteiger partial charge in [-0.25, -0.2) is 4.79 Å². The monoisotopic (exact) mass is 640 g/mol. The summed E-state index contributed by atoms with van der Waals surface area (Å²) in [5, 5.41) is -0.113. The largest absolute Gasteiger partial charge is 0.497 e. The number of alkyl halides is 3. The lowest BCUT2D eigenvalue weighted by atomic mass is 10.0. The molecule has 1 N–H and O–H groups in total. The first kappa shape index (κ1) is 34.6. The molecule has 1 aromatic heterocycles. The molecule has 0 amide bonds. The van der Waals surface area contributed by atoms with Crippen molar-refractivity contribution in [3.8, 4) is 23.0 Å². The summed E-state index contributed by atoms with van der Waals surface area (Å²) in [6, 6.07) is 12.4. The summed E-state index contributed by atoms with van der Waals surface area (Å²) in [6.07, 6.45) is -5.06. The molecule has 0 saturated carbocycles. The Morgan fingerprint density at radius 2 is 1.54 bits per heavy atom. The third kappa shape index (κ3) is 7.91. The Kier molecular flexibility index (Phi) is 10.5. The van der Waals surface area contributed by atoms with E-state index in [0.29, 0.717) is 24.4 Å². The van der Waals surface area contributed by atoms with E-state index in [1.165, 1.54) is 31.4 Å². The molecule has 0 atom stereocenters. The minimum atomic E-state index is -5.06. The maximum Gasteiger partial charge on any atom is 0.453 e. The van der Waals surface area contributed by atoms with E-state index in [0.717, 1.165) is 16.0 Å². The van der Waals surface area contributed by atoms with E-state index in [-0.39, 0.29) is 52.0 Å². The number of fused-ring (bicyclic) bond motifs is 1. The Hall–Kier alpha value is -4.31. The maximum absolute atomic E-state index is 14.6. The Morgan fingerprint density at radius 3 is 2.11 bits per heavy atom. The van der Waals surface area contributed by atoms with Crippen LogP contribution in [-0.4, -0.2) is 26.2 Å². The van der Waals surface area contributed by atoms with Crippen molar-refractivity contribution in [3.63, 3.8) is 0 Å². The highest BCUT2D eigenvalue weighted by atomic mass is 19.4. The predicted octanol–water partition coefficient (Wildman–Crippen LogP) is 7.45. The van der Waals surface area contributed by atoms with Gasteiger partial charge in [-0.05, 0) is 79.9 Å². The van der Waals surface area contributed by atoms with Crippen LogP contribution in [0, 0.1) is 32.6 Å². The molecule has 0 aliphatic carbocycles. The van der Waals surface area contributed by atoms with Crippen LogP contribution in [0.2, 0.25) is 0 Å². The van der Waals surface area contributed by atoms with Crippen LogP contribution in [0.5, 0.6) is 23.0 Å². The molecule has 246 valence electrons. The average Bonchev–Trinajstić information content (AvgIpc) is 2.96. The topological polar surface area (TPSA) is 79.4 Å². The van der Waals surface area contributed by atoms with Crippen LogP contribution in [-0.2, 0) is 12.7 Å². The number of esters is 1. The summed E-state index contributed by atoms with van der Waals surface area (Å²) >= 11 is 0. The summed E-state index contributed by atoms with van der Waals surface area (Å²) < 4.78 is 66.2. The molecule has 3 aromatic carbocycles. The number of halogens is 3. The van der Waals surface area contributed by atoms with Crippen LogP contribution in [0.3, 0.4) is 0 Å². The van der Waals surface area contributed by atoms with E-state index in [9.17, 15) is 22.8 Å². The molecule has 0 bridgehead atoms. The van der Waals surface area contributed by atoms with Crippen molar-refractivity contribution in [2.75, 3.05) is 20.2 Å². The van der Waals surface area contributed by atoms with Gasteiger partial charge in [0.05, 0.1) is 36.7 Å². The first-order valence-electron chi connectivity index (χ1n) is 15.2. The molecule has 7 nitrogen and oxygen atoms in total. The third-order valence-electron chi connectivity index (χ3n) is 7.66. The molecule has 0 aliphatic rings. The highest BCUT2D eigenvalue weighted by Gasteiger charge is 2.41. The van der Waals surface area contributed by atoms with E-state index < -0.39 is 29.1 Å². The van der Waals surface area contributed by atoms with Gasteiger partial charge in [-0.3, -0.25) is 4.79 Å². The Labute approximate surface area is 266 Å². The minimum absolute atomic E-state index is 0.00780. The number of methoxy groups -OCH3 is 1. The van der Waals surface area contributed by atoms with Gasteiger partial charge >= 0.3 is 12.1 Å². The second-order valence-corrected chi connectivity index (χ2v) is 12.6. The maximum atomic E-state index is 14.6. The number of aryl methyl sites for hydroxylation is 2. The molecule has 4 rings (SSSR count). The van der Waals surface area contributed by atoms with Gasteiger partial charge in [-0.2, -0.15) is 13.2 Å². The second kappa shape index (κ2) is 14.0. The molecule has 0 radical (unpaired) electrons. The summed E-state index contributed by atoms with van der Waals surface area (Å²) in [4.78, 5) is 28.1. The molecule has 10 heteroatoms. The van der Waals surface area contributed by atoms with E-state index in [1.54, 1.807) is 32.0 Å². The van der Waals surface area contributed by atoms with E-state index in [4.69, 9.17) is 18.6 Å². The van der Waals surface area contributed by atoms with Gasteiger partial charge in [0, 0.05) is 11.8 Å². The van der Waals surface area contributed by atoms with Crippen molar-refractivity contribution in [2.24, 2.45) is 11.8 Å². The number of quaternary nitrogens is 1. The molecule has 4 aromatic rings. The zero-order chi connectivity index (χ0) is 33.9. The third-order valence-corrected chi connectivity index (χ3v) is 7.66. The normalized spacial score (nSPS) is 12.0. The molecule has 0 fully saturated rings. The molecule has 0 aliphatic heterocycles. The highest BCUT2D eigenvalue weighted by Crippen LogP contribution is 2.41. The van der Waals surface area contributed by atoms with E-state index in [1.807, 2.05) is 13.0 Å². The van der Waals surface area contributed by atoms with Gasteiger partial charge in [-0.1, -0.05) is 33.8 Å². The second-order valence-electron chi connectivity index (χ2n) is 12.6. The smallest absolute Gasteiger partial charge is 0.453 e. The average molecular weight is 641 g/mol. The van der Waals surface area contributed by atoms with Gasteiger partial charge in [0.25, 0.3) is 5.76 Å². The molecular weight excluding hydrogens is 599 g/mol. The van der Waals surface area contributed by atoms with Crippen molar-refractivity contribution in [1.82, 2.24) is 0 Å². The predicted molar refractivity (Wildman–Crippen MR) is 170 cm³/mol. The van der Waals surface area contributed by atoms with E-state index >= 15 is 0 Å². The number of hydrogen-bond acceptors (Lipinski definition) is 6. The zero-order valence-electron chi connectivity index (χ0n) is 27.5. The van der Waals surface area contributed by atoms with Crippen LogP contribution >= 0.6 is 0 Å². The summed E-state index contributed by atoms with van der Waals surface area (Å²) in [5.74, 6) is -2.03. The van der Waals surface area contributed by atoms with Crippen molar-refractivity contribution < 1.29 is 41.5 Å².